The van der Waals surface area contributed by atoms with Gasteiger partial charge in [0.1, 0.15) is 5.75 Å². The van der Waals surface area contributed by atoms with E-state index in [1.807, 2.05) is 0 Å². The molecule has 0 spiro atoms. The number of methoxy groups -OCH3 is 1. The van der Waals surface area contributed by atoms with Crippen LogP contribution in [-0.4, -0.2) is 28.2 Å². The summed E-state index contributed by atoms with van der Waals surface area (Å²) in [7, 11) is 1.55. The molecule has 0 unspecified atom stereocenters. The molecule has 1 N–H and O–H groups in total. The molecule has 3 aromatic rings. The Labute approximate surface area is 151 Å². The summed E-state index contributed by atoms with van der Waals surface area (Å²) in [4.78, 5) is 0. The number of aromatic amines is 1. The highest BCUT2D eigenvalue weighted by Crippen LogP contribution is 2.31. The number of hydrogen-bond acceptors (Lipinski definition) is 4. The van der Waals surface area contributed by atoms with E-state index in [9.17, 15) is 13.2 Å². The number of hydrogen-bond donors (Lipinski definition) is 1. The lowest BCUT2D eigenvalue weighted by molar-refractivity contribution is -0.137. The fourth-order valence-corrected chi connectivity index (χ4v) is 2.49. The van der Waals surface area contributed by atoms with E-state index in [0.717, 1.165) is 12.3 Å². The Morgan fingerprint density at radius 2 is 1.85 bits per heavy atom. The summed E-state index contributed by atoms with van der Waals surface area (Å²) in [5.41, 5.74) is -0.159. The molecule has 0 aliphatic carbocycles. The first-order chi connectivity index (χ1) is 12.4. The van der Waals surface area contributed by atoms with E-state index in [0.29, 0.717) is 17.1 Å². The Kier molecular flexibility index (Phi) is 4.90. The highest BCUT2D eigenvalue weighted by atomic mass is 32.1. The largest absolute Gasteiger partial charge is 0.497 e. The van der Waals surface area contributed by atoms with E-state index < -0.39 is 11.7 Å². The van der Waals surface area contributed by atoms with Gasteiger partial charge < -0.3 is 4.74 Å². The van der Waals surface area contributed by atoms with Crippen LogP contribution in [0.3, 0.4) is 0 Å². The highest BCUT2D eigenvalue weighted by molar-refractivity contribution is 7.71. The topological polar surface area (TPSA) is 55.2 Å². The molecule has 0 fully saturated rings. The molecule has 0 bridgehead atoms. The van der Waals surface area contributed by atoms with E-state index in [2.05, 4.69) is 15.3 Å². The molecule has 26 heavy (non-hydrogen) atoms. The van der Waals surface area contributed by atoms with Gasteiger partial charge in [-0.05, 0) is 42.5 Å². The average molecular weight is 378 g/mol. The number of halogens is 3. The number of H-pyrrole nitrogens is 1. The van der Waals surface area contributed by atoms with Gasteiger partial charge in [-0.25, -0.2) is 5.10 Å². The highest BCUT2D eigenvalue weighted by Gasteiger charge is 2.32. The zero-order chi connectivity index (χ0) is 18.7. The van der Waals surface area contributed by atoms with Crippen molar-refractivity contribution in [2.75, 3.05) is 7.11 Å². The third-order valence-electron chi connectivity index (χ3n) is 3.58. The number of aromatic nitrogens is 3. The van der Waals surface area contributed by atoms with Crippen LogP contribution < -0.4 is 4.74 Å². The standard InChI is InChI=1S/C17H13F3N4OS/c1-25-13-8-6-11(7-9-13)15-22-23-16(26)24(15)21-10-12-4-2-3-5-14(12)17(18,19)20/h2-10H,1H3,(H,23,26)/b21-10-. The lowest BCUT2D eigenvalue weighted by Crippen LogP contribution is -2.09. The second-order valence-electron chi connectivity index (χ2n) is 5.22. The first-order valence-corrected chi connectivity index (χ1v) is 7.83. The van der Waals surface area contributed by atoms with Crippen LogP contribution >= 0.6 is 12.2 Å². The van der Waals surface area contributed by atoms with Gasteiger partial charge in [0, 0.05) is 11.1 Å². The molecule has 9 heteroatoms. The second-order valence-corrected chi connectivity index (χ2v) is 5.61. The molecule has 2 aromatic carbocycles. The Bertz CT molecular complexity index is 990. The van der Waals surface area contributed by atoms with Gasteiger partial charge in [-0.3, -0.25) is 0 Å². The monoisotopic (exact) mass is 378 g/mol. The van der Waals surface area contributed by atoms with Crippen molar-refractivity contribution in [3.8, 4) is 17.1 Å². The van der Waals surface area contributed by atoms with Gasteiger partial charge in [0.2, 0.25) is 4.77 Å². The molecule has 0 amide bonds. The molecule has 0 atom stereocenters. The quantitative estimate of drug-likeness (QED) is 0.537. The van der Waals surface area contributed by atoms with Crippen LogP contribution in [0.15, 0.2) is 53.6 Å². The van der Waals surface area contributed by atoms with Crippen LogP contribution in [0.4, 0.5) is 13.2 Å². The van der Waals surface area contributed by atoms with Crippen LogP contribution in [0.25, 0.3) is 11.4 Å². The molecule has 0 radical (unpaired) electrons. The summed E-state index contributed by atoms with van der Waals surface area (Å²) in [5, 5.41) is 10.8. The Morgan fingerprint density at radius 1 is 1.15 bits per heavy atom. The number of ether oxygens (including phenoxy) is 1. The third-order valence-corrected chi connectivity index (χ3v) is 3.84. The zero-order valence-electron chi connectivity index (χ0n) is 13.5. The van der Waals surface area contributed by atoms with Crippen LogP contribution in [0.5, 0.6) is 5.75 Å². The predicted molar refractivity (Wildman–Crippen MR) is 93.8 cm³/mol. The van der Waals surface area contributed by atoms with Crippen molar-refractivity contribution >= 4 is 18.4 Å². The summed E-state index contributed by atoms with van der Waals surface area (Å²) < 4.78 is 45.8. The number of alkyl halides is 3. The van der Waals surface area contributed by atoms with E-state index in [-0.39, 0.29) is 10.3 Å². The molecule has 134 valence electrons. The molecule has 3 rings (SSSR count). The molecule has 1 heterocycles. The second kappa shape index (κ2) is 7.12. The molecular weight excluding hydrogens is 365 g/mol. The van der Waals surface area contributed by atoms with Crippen molar-refractivity contribution in [2.45, 2.75) is 6.18 Å². The van der Waals surface area contributed by atoms with Crippen LogP contribution in [0.2, 0.25) is 0 Å². The number of rotatable bonds is 4. The number of nitrogens with one attached hydrogen (secondary N) is 1. The van der Waals surface area contributed by atoms with E-state index in [4.69, 9.17) is 17.0 Å². The normalized spacial score (nSPS) is 11.8. The smallest absolute Gasteiger partial charge is 0.417 e. The third kappa shape index (κ3) is 3.67. The van der Waals surface area contributed by atoms with Crippen molar-refractivity contribution in [3.63, 3.8) is 0 Å². The molecule has 0 aliphatic rings. The number of benzene rings is 2. The van der Waals surface area contributed by atoms with Crippen LogP contribution in [-0.2, 0) is 6.18 Å². The Balaban J connectivity index is 2.00. The fourth-order valence-electron chi connectivity index (χ4n) is 2.31. The zero-order valence-corrected chi connectivity index (χ0v) is 14.3. The summed E-state index contributed by atoms with van der Waals surface area (Å²) in [6, 6.07) is 12.1. The fraction of sp³-hybridized carbons (Fsp3) is 0.118. The van der Waals surface area contributed by atoms with E-state index >= 15 is 0 Å². The molecule has 0 saturated heterocycles. The first-order valence-electron chi connectivity index (χ1n) is 7.42. The predicted octanol–water partition coefficient (Wildman–Crippen LogP) is 4.52. The van der Waals surface area contributed by atoms with Gasteiger partial charge in [-0.2, -0.15) is 28.0 Å². The van der Waals surface area contributed by atoms with Crippen molar-refractivity contribution in [2.24, 2.45) is 5.10 Å². The lowest BCUT2D eigenvalue weighted by Gasteiger charge is -2.09. The van der Waals surface area contributed by atoms with Gasteiger partial charge in [0.25, 0.3) is 0 Å². The first kappa shape index (κ1) is 17.9. The van der Waals surface area contributed by atoms with E-state index in [1.165, 1.54) is 22.9 Å². The molecule has 0 aliphatic heterocycles. The summed E-state index contributed by atoms with van der Waals surface area (Å²) in [6.45, 7) is 0. The summed E-state index contributed by atoms with van der Waals surface area (Å²) in [6.07, 6.45) is -3.36. The maximum absolute atomic E-state index is 13.1. The van der Waals surface area contributed by atoms with Crippen LogP contribution in [0, 0.1) is 4.77 Å². The number of nitrogens with zero attached hydrogens (tertiary/aromatic N) is 3. The van der Waals surface area contributed by atoms with Crippen molar-refractivity contribution in [3.05, 3.63) is 64.4 Å². The minimum atomic E-state index is -4.47. The molecule has 5 nitrogen and oxygen atoms in total. The Morgan fingerprint density at radius 3 is 2.50 bits per heavy atom. The van der Waals surface area contributed by atoms with Gasteiger partial charge in [-0.15, -0.1) is 0 Å². The lowest BCUT2D eigenvalue weighted by atomic mass is 10.1. The molecular formula is C17H13F3N4OS. The SMILES string of the molecule is COc1ccc(-c2n[nH]c(=S)n2/N=C\c2ccccc2C(F)(F)F)cc1. The van der Waals surface area contributed by atoms with Crippen molar-refractivity contribution in [1.82, 2.24) is 14.9 Å². The van der Waals surface area contributed by atoms with Crippen molar-refractivity contribution < 1.29 is 17.9 Å². The van der Waals surface area contributed by atoms with Crippen LogP contribution in [0.1, 0.15) is 11.1 Å². The summed E-state index contributed by atoms with van der Waals surface area (Å²) >= 11 is 5.13. The molecule has 0 saturated carbocycles. The maximum Gasteiger partial charge on any atom is 0.417 e. The molecule has 1 aromatic heterocycles. The Hall–Kier alpha value is -2.94. The minimum absolute atomic E-state index is 0.0659. The van der Waals surface area contributed by atoms with Gasteiger partial charge in [0.15, 0.2) is 5.82 Å². The minimum Gasteiger partial charge on any atom is -0.497 e. The van der Waals surface area contributed by atoms with Crippen molar-refractivity contribution in [1.29, 1.82) is 0 Å². The average Bonchev–Trinajstić information content (AvgIpc) is 3.00. The van der Waals surface area contributed by atoms with E-state index in [1.54, 1.807) is 31.4 Å². The summed E-state index contributed by atoms with van der Waals surface area (Å²) in [5.74, 6) is 1.04. The van der Waals surface area contributed by atoms with Gasteiger partial charge >= 0.3 is 6.18 Å². The maximum atomic E-state index is 13.1. The van der Waals surface area contributed by atoms with Gasteiger partial charge in [-0.1, -0.05) is 18.2 Å². The van der Waals surface area contributed by atoms with Gasteiger partial charge in [0.05, 0.1) is 18.9 Å².